The third-order valence-corrected chi connectivity index (χ3v) is 13.4. The van der Waals surface area contributed by atoms with Crippen LogP contribution in [0, 0.1) is 32.1 Å². The van der Waals surface area contributed by atoms with E-state index >= 15 is 0 Å². The number of aliphatic imine (C=N–C) groups is 1. The molecule has 0 spiro atoms. The van der Waals surface area contributed by atoms with Crippen LogP contribution < -0.4 is 10.1 Å². The van der Waals surface area contributed by atoms with Gasteiger partial charge in [0, 0.05) is 66.4 Å². The first kappa shape index (κ1) is 41.1. The summed E-state index contributed by atoms with van der Waals surface area (Å²) in [5.74, 6) is 2.47. The molecule has 2 aliphatic heterocycles. The summed E-state index contributed by atoms with van der Waals surface area (Å²) >= 11 is 7.86. The van der Waals surface area contributed by atoms with Crippen LogP contribution >= 0.6 is 22.9 Å². The maximum absolute atomic E-state index is 13.8. The number of fused-ring (bicyclic) bond motifs is 3. The van der Waals surface area contributed by atoms with Crippen molar-refractivity contribution >= 4 is 40.5 Å². The van der Waals surface area contributed by atoms with E-state index in [1.54, 1.807) is 48.1 Å². The normalized spacial score (nSPS) is 18.9. The van der Waals surface area contributed by atoms with Gasteiger partial charge in [-0.25, -0.2) is 4.98 Å². The van der Waals surface area contributed by atoms with Gasteiger partial charge in [-0.2, -0.15) is 10.4 Å². The second-order valence-corrected chi connectivity index (χ2v) is 17.5. The highest BCUT2D eigenvalue weighted by Crippen LogP contribution is 2.39. The predicted octanol–water partition coefficient (Wildman–Crippen LogP) is 6.77. The van der Waals surface area contributed by atoms with Gasteiger partial charge >= 0.3 is 0 Å². The van der Waals surface area contributed by atoms with Gasteiger partial charge in [0.05, 0.1) is 40.7 Å². The van der Waals surface area contributed by atoms with Crippen LogP contribution in [-0.2, 0) is 13.0 Å². The van der Waals surface area contributed by atoms with E-state index in [4.69, 9.17) is 31.0 Å². The zero-order chi connectivity index (χ0) is 42.9. The molecule has 6 aromatic rings. The predicted molar refractivity (Wildman–Crippen MR) is 232 cm³/mol. The molecule has 4 aromatic heterocycles. The number of benzene rings is 2. The standard InChI is InChI=1S/C45H44ClN11O4S/c1-26-27(2)62-45-40(26)41(50-38(23-39-48-16-21-60-39)42-54-51-28(3)57(42)45)29-4-6-30(7-5-29)44(59)56-19-17-55(18-20-56)25-33-11-15-37(53-52-33)43(58)49-32-9-13-34(14-10-32)61-35-12-8-31(24-47)36(46)22-35/h4-8,11-12,15-16,21-22,32,34,38H,9-10,13-14,17-20,23,25H2,1-3H3,(H,49,58)/t32-,34-,38-/m1/s1. The molecular formula is C45H44ClN11O4S. The minimum atomic E-state index is -0.378. The third kappa shape index (κ3) is 8.48. The topological polar surface area (TPSA) is 181 Å². The molecule has 1 saturated heterocycles. The summed E-state index contributed by atoms with van der Waals surface area (Å²) in [6.07, 6.45) is 6.75. The number of rotatable bonds is 10. The van der Waals surface area contributed by atoms with Gasteiger partial charge in [0.15, 0.2) is 17.4 Å². The molecule has 17 heteroatoms. The lowest BCUT2D eigenvalue weighted by atomic mass is 9.93. The van der Waals surface area contributed by atoms with Gasteiger partial charge in [-0.1, -0.05) is 23.7 Å². The van der Waals surface area contributed by atoms with E-state index in [2.05, 4.69) is 60.1 Å². The number of carbonyl (C=O) groups excluding carboxylic acids is 2. The Morgan fingerprint density at radius 3 is 2.45 bits per heavy atom. The Kier molecular flexibility index (Phi) is 11.7. The highest BCUT2D eigenvalue weighted by Gasteiger charge is 2.33. The fourth-order valence-corrected chi connectivity index (χ4v) is 9.76. The Balaban J connectivity index is 0.780. The third-order valence-electron chi connectivity index (χ3n) is 11.9. The zero-order valence-electron chi connectivity index (χ0n) is 34.5. The molecule has 2 fully saturated rings. The summed E-state index contributed by atoms with van der Waals surface area (Å²) in [4.78, 5) is 41.8. The average molecular weight is 870 g/mol. The Bertz CT molecular complexity index is 2670. The molecule has 0 radical (unpaired) electrons. The lowest BCUT2D eigenvalue weighted by Crippen LogP contribution is -2.48. The molecule has 6 heterocycles. The number of nitrogens with one attached hydrogen (secondary N) is 1. The minimum absolute atomic E-state index is 0.0109. The quantitative estimate of drug-likeness (QED) is 0.154. The van der Waals surface area contributed by atoms with Crippen LogP contribution in [-0.4, -0.2) is 95.6 Å². The van der Waals surface area contributed by atoms with Gasteiger partial charge in [0.2, 0.25) is 0 Å². The van der Waals surface area contributed by atoms with E-state index < -0.39 is 0 Å². The SMILES string of the molecule is Cc1sc2c(c1C)C(c1ccc(C(=O)N3CCN(Cc4ccc(C(=O)N[C@H]5CC[C@H](Oc6ccc(C#N)c(Cl)c6)CC5)nn4)CC3)cc1)=N[C@H](Cc1ncco1)c1nnc(C)n1-2. The first-order chi connectivity index (χ1) is 30.1. The largest absolute Gasteiger partial charge is 0.490 e. The molecular weight excluding hydrogens is 826 g/mol. The molecule has 1 N–H and O–H groups in total. The summed E-state index contributed by atoms with van der Waals surface area (Å²) in [6, 6.07) is 18.1. The summed E-state index contributed by atoms with van der Waals surface area (Å²) < 4.78 is 13.8. The van der Waals surface area contributed by atoms with E-state index in [0.717, 1.165) is 70.4 Å². The fourth-order valence-electron chi connectivity index (χ4n) is 8.34. The number of amides is 2. The van der Waals surface area contributed by atoms with Crippen LogP contribution in [0.5, 0.6) is 5.75 Å². The van der Waals surface area contributed by atoms with E-state index in [0.29, 0.717) is 66.9 Å². The number of aryl methyl sites for hydroxylation is 2. The Morgan fingerprint density at radius 2 is 1.76 bits per heavy atom. The molecule has 2 amide bonds. The van der Waals surface area contributed by atoms with Crippen molar-refractivity contribution in [2.24, 2.45) is 4.99 Å². The number of carbonyl (C=O) groups is 2. The van der Waals surface area contributed by atoms with Gasteiger partial charge in [-0.15, -0.1) is 26.6 Å². The van der Waals surface area contributed by atoms with Crippen molar-refractivity contribution in [3.8, 4) is 16.8 Å². The number of hydrogen-bond acceptors (Lipinski definition) is 13. The van der Waals surface area contributed by atoms with Crippen molar-refractivity contribution in [2.75, 3.05) is 26.2 Å². The molecule has 3 aliphatic rings. The molecule has 2 aromatic carbocycles. The molecule has 9 rings (SSSR count). The van der Waals surface area contributed by atoms with Crippen LogP contribution in [0.4, 0.5) is 0 Å². The highest BCUT2D eigenvalue weighted by molar-refractivity contribution is 7.15. The first-order valence-electron chi connectivity index (χ1n) is 20.7. The summed E-state index contributed by atoms with van der Waals surface area (Å²) in [5, 5.41) is 31.2. The van der Waals surface area contributed by atoms with Crippen molar-refractivity contribution in [3.05, 3.63) is 134 Å². The maximum Gasteiger partial charge on any atom is 0.272 e. The van der Waals surface area contributed by atoms with Gasteiger partial charge in [0.25, 0.3) is 11.8 Å². The van der Waals surface area contributed by atoms with Crippen LogP contribution in [0.1, 0.15) is 103 Å². The number of nitriles is 1. The summed E-state index contributed by atoms with van der Waals surface area (Å²) in [6.45, 7) is 9.28. The minimum Gasteiger partial charge on any atom is -0.490 e. The molecule has 316 valence electrons. The summed E-state index contributed by atoms with van der Waals surface area (Å²) in [7, 11) is 0. The van der Waals surface area contributed by atoms with Crippen molar-refractivity contribution in [2.45, 2.75) is 77.6 Å². The molecule has 1 aliphatic carbocycles. The van der Waals surface area contributed by atoms with E-state index in [-0.39, 0.29) is 35.7 Å². The van der Waals surface area contributed by atoms with Gasteiger partial charge in [-0.05, 0) is 88.4 Å². The fraction of sp³-hybridized carbons (Fsp3) is 0.356. The molecule has 0 unspecified atom stereocenters. The first-order valence-corrected chi connectivity index (χ1v) is 21.9. The van der Waals surface area contributed by atoms with Crippen molar-refractivity contribution in [3.63, 3.8) is 0 Å². The van der Waals surface area contributed by atoms with Crippen molar-refractivity contribution in [1.82, 2.24) is 45.1 Å². The number of ether oxygens (including phenoxy) is 1. The second-order valence-electron chi connectivity index (χ2n) is 15.9. The van der Waals surface area contributed by atoms with Gasteiger partial charge < -0.3 is 19.4 Å². The molecule has 1 atom stereocenters. The van der Waals surface area contributed by atoms with Crippen molar-refractivity contribution in [1.29, 1.82) is 5.26 Å². The monoisotopic (exact) mass is 869 g/mol. The lowest BCUT2D eigenvalue weighted by Gasteiger charge is -2.34. The maximum atomic E-state index is 13.8. The number of hydrogen-bond donors (Lipinski definition) is 1. The van der Waals surface area contributed by atoms with Gasteiger partial charge in [-0.3, -0.25) is 24.0 Å². The summed E-state index contributed by atoms with van der Waals surface area (Å²) in [5.41, 5.74) is 6.01. The van der Waals surface area contributed by atoms with E-state index in [1.165, 1.54) is 4.88 Å². The number of thiophene rings is 1. The highest BCUT2D eigenvalue weighted by atomic mass is 35.5. The molecule has 15 nitrogen and oxygen atoms in total. The van der Waals surface area contributed by atoms with Crippen LogP contribution in [0.2, 0.25) is 5.02 Å². The van der Waals surface area contributed by atoms with E-state index in [1.807, 2.05) is 42.2 Å². The number of oxazole rings is 1. The Morgan fingerprint density at radius 1 is 0.968 bits per heavy atom. The molecule has 0 bridgehead atoms. The van der Waals surface area contributed by atoms with Gasteiger partial charge in [0.1, 0.15) is 34.9 Å². The zero-order valence-corrected chi connectivity index (χ0v) is 36.1. The van der Waals surface area contributed by atoms with Crippen LogP contribution in [0.3, 0.4) is 0 Å². The van der Waals surface area contributed by atoms with Crippen LogP contribution in [0.25, 0.3) is 5.00 Å². The number of nitrogens with zero attached hydrogens (tertiary/aromatic N) is 10. The van der Waals surface area contributed by atoms with Crippen molar-refractivity contribution < 1.29 is 18.7 Å². The average Bonchev–Trinajstić information content (AvgIpc) is 4.00. The molecule has 1 saturated carbocycles. The number of piperazine rings is 1. The molecule has 62 heavy (non-hydrogen) atoms. The number of halogens is 1. The van der Waals surface area contributed by atoms with E-state index in [9.17, 15) is 9.59 Å². The van der Waals surface area contributed by atoms with Crippen LogP contribution in [0.15, 0.2) is 76.5 Å². The lowest BCUT2D eigenvalue weighted by molar-refractivity contribution is 0.0626. The Hall–Kier alpha value is -6.28. The smallest absolute Gasteiger partial charge is 0.272 e. The Labute approximate surface area is 367 Å². The number of aromatic nitrogens is 6. The second kappa shape index (κ2) is 17.6.